The molecule has 19 heavy (non-hydrogen) atoms. The van der Waals surface area contributed by atoms with Gasteiger partial charge in [0, 0.05) is 13.1 Å². The van der Waals surface area contributed by atoms with Gasteiger partial charge < -0.3 is 10.4 Å². The zero-order valence-corrected chi connectivity index (χ0v) is 11.3. The number of aliphatic hydroxyl groups excluding tert-OH is 1. The fraction of sp³-hybridized carbons (Fsp3) is 0.429. The second kappa shape index (κ2) is 7.66. The Morgan fingerprint density at radius 2 is 1.68 bits per heavy atom. The summed E-state index contributed by atoms with van der Waals surface area (Å²) in [6.45, 7) is 3.38. The van der Waals surface area contributed by atoms with Crippen LogP contribution in [0.25, 0.3) is 0 Å². The maximum atomic E-state index is 11.7. The molecule has 1 aromatic rings. The predicted molar refractivity (Wildman–Crippen MR) is 73.1 cm³/mol. The van der Waals surface area contributed by atoms with Crippen LogP contribution in [-0.4, -0.2) is 48.6 Å². The van der Waals surface area contributed by atoms with Gasteiger partial charge in [-0.1, -0.05) is 19.1 Å². The van der Waals surface area contributed by atoms with E-state index >= 15 is 0 Å². The van der Waals surface area contributed by atoms with Crippen molar-refractivity contribution in [3.63, 3.8) is 0 Å². The smallest absolute Gasteiger partial charge is 0.261 e. The van der Waals surface area contributed by atoms with Gasteiger partial charge in [0.2, 0.25) is 0 Å². The van der Waals surface area contributed by atoms with Gasteiger partial charge in [-0.25, -0.2) is 0 Å². The lowest BCUT2D eigenvalue weighted by Crippen LogP contribution is -2.30. The van der Waals surface area contributed by atoms with Crippen molar-refractivity contribution in [1.82, 2.24) is 10.2 Å². The van der Waals surface area contributed by atoms with E-state index in [-0.39, 0.29) is 18.4 Å². The fourth-order valence-electron chi connectivity index (χ4n) is 1.78. The molecule has 0 bridgehead atoms. The van der Waals surface area contributed by atoms with Gasteiger partial charge in [-0.15, -0.1) is 0 Å². The Kier molecular flexibility index (Phi) is 6.18. The van der Waals surface area contributed by atoms with Crippen LogP contribution in [0.4, 0.5) is 0 Å². The Morgan fingerprint density at radius 1 is 1.16 bits per heavy atom. The van der Waals surface area contributed by atoms with Gasteiger partial charge in [-0.3, -0.25) is 14.5 Å². The number of aliphatic hydroxyl groups is 1. The van der Waals surface area contributed by atoms with Gasteiger partial charge >= 0.3 is 0 Å². The molecule has 1 aromatic carbocycles. The third kappa shape index (κ3) is 3.62. The third-order valence-corrected chi connectivity index (χ3v) is 2.69. The van der Waals surface area contributed by atoms with Crippen LogP contribution in [0.5, 0.6) is 0 Å². The van der Waals surface area contributed by atoms with Crippen molar-refractivity contribution in [2.75, 3.05) is 26.7 Å². The van der Waals surface area contributed by atoms with Crippen LogP contribution >= 0.6 is 0 Å². The van der Waals surface area contributed by atoms with Crippen LogP contribution in [0, 0.1) is 0 Å². The van der Waals surface area contributed by atoms with Gasteiger partial charge in [0.15, 0.2) is 0 Å². The van der Waals surface area contributed by atoms with Crippen LogP contribution in [0.3, 0.4) is 0 Å². The maximum absolute atomic E-state index is 11.7. The second-order valence-electron chi connectivity index (χ2n) is 4.13. The minimum absolute atomic E-state index is 0.160. The number of rotatable bonds is 4. The quantitative estimate of drug-likeness (QED) is 0.792. The summed E-state index contributed by atoms with van der Waals surface area (Å²) in [6, 6.07) is 6.95. The van der Waals surface area contributed by atoms with Crippen LogP contribution in [0.2, 0.25) is 0 Å². The Morgan fingerprint density at radius 3 is 2.00 bits per heavy atom. The molecule has 0 saturated carbocycles. The van der Waals surface area contributed by atoms with Crippen LogP contribution in [0.15, 0.2) is 24.3 Å². The van der Waals surface area contributed by atoms with Crippen molar-refractivity contribution in [2.45, 2.75) is 13.3 Å². The summed E-state index contributed by atoms with van der Waals surface area (Å²) in [5.74, 6) is -0.320. The lowest BCUT2D eigenvalue weighted by Gasteiger charge is -2.11. The molecule has 0 atom stereocenters. The highest BCUT2D eigenvalue weighted by Gasteiger charge is 2.33. The molecule has 1 aliphatic heterocycles. The van der Waals surface area contributed by atoms with E-state index in [1.807, 2.05) is 6.92 Å². The number of amides is 2. The van der Waals surface area contributed by atoms with Crippen LogP contribution in [0.1, 0.15) is 34.1 Å². The number of fused-ring (bicyclic) bond motifs is 1. The number of likely N-dealkylation sites (N-methyl/N-ethyl adjacent to an activating group) is 1. The van der Waals surface area contributed by atoms with E-state index in [0.717, 1.165) is 6.42 Å². The van der Waals surface area contributed by atoms with E-state index in [4.69, 9.17) is 5.11 Å². The summed E-state index contributed by atoms with van der Waals surface area (Å²) >= 11 is 0. The molecule has 0 aliphatic carbocycles. The molecule has 0 unspecified atom stereocenters. The molecular formula is C14H20N2O3. The van der Waals surface area contributed by atoms with E-state index in [0.29, 0.717) is 24.2 Å². The number of hydrogen-bond donors (Lipinski definition) is 2. The van der Waals surface area contributed by atoms with Crippen molar-refractivity contribution in [2.24, 2.45) is 0 Å². The Balaban J connectivity index is 0.000000312. The van der Waals surface area contributed by atoms with Crippen molar-refractivity contribution >= 4 is 11.8 Å². The summed E-state index contributed by atoms with van der Waals surface area (Å²) in [5, 5.41) is 10.8. The monoisotopic (exact) mass is 264 g/mol. The molecule has 0 fully saturated rings. The first kappa shape index (κ1) is 15.3. The Hall–Kier alpha value is -1.72. The first-order valence-corrected chi connectivity index (χ1v) is 6.38. The zero-order valence-electron chi connectivity index (χ0n) is 11.3. The molecule has 1 aliphatic rings. The lowest BCUT2D eigenvalue weighted by molar-refractivity contribution is 0.0654. The van der Waals surface area contributed by atoms with E-state index in [1.54, 1.807) is 31.3 Å². The molecule has 104 valence electrons. The molecular weight excluding hydrogens is 244 g/mol. The molecule has 2 amide bonds. The minimum atomic E-state index is -0.160. The highest BCUT2D eigenvalue weighted by Crippen LogP contribution is 2.22. The Labute approximate surface area is 113 Å². The van der Waals surface area contributed by atoms with E-state index < -0.39 is 0 Å². The molecule has 0 saturated heterocycles. The number of nitrogens with one attached hydrogen (secondary N) is 1. The Bertz CT molecular complexity index is 409. The van der Waals surface area contributed by atoms with Crippen molar-refractivity contribution in [1.29, 1.82) is 0 Å². The van der Waals surface area contributed by atoms with E-state index in [1.165, 1.54) is 4.90 Å². The zero-order chi connectivity index (χ0) is 14.3. The van der Waals surface area contributed by atoms with E-state index in [2.05, 4.69) is 5.32 Å². The van der Waals surface area contributed by atoms with Crippen molar-refractivity contribution in [3.05, 3.63) is 35.4 Å². The summed E-state index contributed by atoms with van der Waals surface area (Å²) in [5.41, 5.74) is 1.07. The molecule has 0 radical (unpaired) electrons. The second-order valence-corrected chi connectivity index (χ2v) is 4.13. The number of imide groups is 1. The van der Waals surface area contributed by atoms with Gasteiger partial charge in [0.25, 0.3) is 11.8 Å². The lowest BCUT2D eigenvalue weighted by atomic mass is 10.1. The molecule has 0 aromatic heterocycles. The van der Waals surface area contributed by atoms with Gasteiger partial charge in [-0.2, -0.15) is 0 Å². The van der Waals surface area contributed by atoms with Crippen molar-refractivity contribution in [3.8, 4) is 0 Å². The summed E-state index contributed by atoms with van der Waals surface area (Å²) in [7, 11) is 1.80. The minimum Gasteiger partial charge on any atom is -0.395 e. The molecule has 0 spiro atoms. The predicted octanol–water partition coefficient (Wildman–Crippen LogP) is 0.891. The number of carbonyl (C=O) groups excluding carboxylic acids is 2. The summed E-state index contributed by atoms with van der Waals surface area (Å²) in [4.78, 5) is 24.7. The van der Waals surface area contributed by atoms with Gasteiger partial charge in [0.05, 0.1) is 17.7 Å². The standard InChI is InChI=1S/C11H11NO2.C3H9NO/c1-2-7-12-10(13)8-5-3-4-6-9(8)11(12)14;1-4-2-3-5/h3-6H,2,7H2,1H3;4-5H,2-3H2,1H3. The average Bonchev–Trinajstić information content (AvgIpc) is 2.67. The molecule has 2 rings (SSSR count). The van der Waals surface area contributed by atoms with Gasteiger partial charge in [0.1, 0.15) is 0 Å². The first-order chi connectivity index (χ1) is 9.17. The number of hydrogen-bond acceptors (Lipinski definition) is 4. The normalized spacial score (nSPS) is 13.1. The summed E-state index contributed by atoms with van der Waals surface area (Å²) < 4.78 is 0. The number of carbonyl (C=O) groups is 2. The summed E-state index contributed by atoms with van der Waals surface area (Å²) in [6.07, 6.45) is 0.797. The number of benzene rings is 1. The number of nitrogens with zero attached hydrogens (tertiary/aromatic N) is 1. The average molecular weight is 264 g/mol. The molecule has 2 N–H and O–H groups in total. The topological polar surface area (TPSA) is 69.6 Å². The molecule has 5 heteroatoms. The third-order valence-electron chi connectivity index (χ3n) is 2.69. The highest BCUT2D eigenvalue weighted by atomic mass is 16.3. The largest absolute Gasteiger partial charge is 0.395 e. The van der Waals surface area contributed by atoms with E-state index in [9.17, 15) is 9.59 Å². The van der Waals surface area contributed by atoms with Gasteiger partial charge in [-0.05, 0) is 25.6 Å². The first-order valence-electron chi connectivity index (χ1n) is 6.38. The molecule has 5 nitrogen and oxygen atoms in total. The van der Waals surface area contributed by atoms with Crippen molar-refractivity contribution < 1.29 is 14.7 Å². The fourth-order valence-corrected chi connectivity index (χ4v) is 1.78. The molecule has 1 heterocycles. The van der Waals surface area contributed by atoms with Crippen LogP contribution in [-0.2, 0) is 0 Å². The maximum Gasteiger partial charge on any atom is 0.261 e. The SMILES string of the molecule is CCCN1C(=O)c2ccccc2C1=O.CNCCO. The highest BCUT2D eigenvalue weighted by molar-refractivity contribution is 6.21. The van der Waals surface area contributed by atoms with Crippen LogP contribution < -0.4 is 5.32 Å².